The van der Waals surface area contributed by atoms with E-state index in [1.807, 2.05) is 78.9 Å². The zero-order valence-electron chi connectivity index (χ0n) is 19.5. The average molecular weight is 478 g/mol. The second kappa shape index (κ2) is 9.50. The summed E-state index contributed by atoms with van der Waals surface area (Å²) < 4.78 is 11.9. The van der Waals surface area contributed by atoms with E-state index in [4.69, 9.17) is 9.47 Å². The number of nitro groups is 1. The third kappa shape index (κ3) is 4.03. The summed E-state index contributed by atoms with van der Waals surface area (Å²) in [5.74, 6) is -0.195. The van der Waals surface area contributed by atoms with Gasteiger partial charge in [0.25, 0.3) is 5.69 Å². The third-order valence-electron chi connectivity index (χ3n) is 6.44. The highest BCUT2D eigenvalue weighted by atomic mass is 16.6. The number of nitro benzene ring substituents is 1. The van der Waals surface area contributed by atoms with Crippen LogP contribution in [0.15, 0.2) is 120 Å². The molecule has 6 nitrogen and oxygen atoms in total. The van der Waals surface area contributed by atoms with Gasteiger partial charge in [0.2, 0.25) is 0 Å². The van der Waals surface area contributed by atoms with E-state index in [1.54, 1.807) is 18.2 Å². The van der Waals surface area contributed by atoms with Crippen LogP contribution in [-0.4, -0.2) is 18.0 Å². The average Bonchev–Trinajstić information content (AvgIpc) is 3.34. The maximum Gasteiger partial charge on any atom is 0.338 e. The van der Waals surface area contributed by atoms with Crippen molar-refractivity contribution in [1.29, 1.82) is 0 Å². The van der Waals surface area contributed by atoms with E-state index >= 15 is 0 Å². The summed E-state index contributed by atoms with van der Waals surface area (Å²) in [5.41, 5.74) is 2.64. The summed E-state index contributed by atoms with van der Waals surface area (Å²) in [4.78, 5) is 23.5. The fourth-order valence-electron chi connectivity index (χ4n) is 4.70. The number of carbonyl (C=O) groups is 1. The van der Waals surface area contributed by atoms with E-state index in [2.05, 4.69) is 6.08 Å². The van der Waals surface area contributed by atoms with Crippen LogP contribution in [0.3, 0.4) is 0 Å². The van der Waals surface area contributed by atoms with E-state index in [0.717, 1.165) is 11.1 Å². The maximum atomic E-state index is 12.8. The zero-order valence-corrected chi connectivity index (χ0v) is 19.5. The third-order valence-corrected chi connectivity index (χ3v) is 6.44. The molecule has 0 spiro atoms. The van der Waals surface area contributed by atoms with E-state index in [9.17, 15) is 14.9 Å². The first-order valence-electron chi connectivity index (χ1n) is 11.5. The second-order valence-electron chi connectivity index (χ2n) is 8.49. The Labute approximate surface area is 208 Å². The number of fused-ring (bicyclic) bond motifs is 1. The Hall–Kier alpha value is -4.71. The Morgan fingerprint density at radius 3 is 2.31 bits per heavy atom. The predicted octanol–water partition coefficient (Wildman–Crippen LogP) is 6.23. The number of hydrogen-bond acceptors (Lipinski definition) is 5. The normalized spacial score (nSPS) is 20.6. The number of non-ortho nitro benzene ring substituents is 1. The molecule has 0 radical (unpaired) electrons. The second-order valence-corrected chi connectivity index (χ2v) is 8.49. The van der Waals surface area contributed by atoms with Gasteiger partial charge in [0.05, 0.1) is 17.6 Å². The fraction of sp³-hybridized carbons (Fsp3) is 0.100. The molecule has 0 amide bonds. The van der Waals surface area contributed by atoms with Gasteiger partial charge in [0.1, 0.15) is 5.76 Å². The number of carbonyl (C=O) groups excluding carboxylic acids is 1. The summed E-state index contributed by atoms with van der Waals surface area (Å²) >= 11 is 0. The number of ether oxygens (including phenoxy) is 2. The number of benzene rings is 3. The van der Waals surface area contributed by atoms with Crippen molar-refractivity contribution in [1.82, 2.24) is 0 Å². The van der Waals surface area contributed by atoms with Crippen LogP contribution in [0.1, 0.15) is 16.7 Å². The largest absolute Gasteiger partial charge is 0.476 e. The molecule has 6 heteroatoms. The van der Waals surface area contributed by atoms with Gasteiger partial charge in [0.15, 0.2) is 5.60 Å². The van der Waals surface area contributed by atoms with Crippen molar-refractivity contribution in [2.75, 3.05) is 7.11 Å². The lowest BCUT2D eigenvalue weighted by Crippen LogP contribution is -2.38. The molecular formula is C30H23NO5. The van der Waals surface area contributed by atoms with Crippen molar-refractivity contribution in [3.05, 3.63) is 147 Å². The van der Waals surface area contributed by atoms with Gasteiger partial charge < -0.3 is 9.47 Å². The van der Waals surface area contributed by atoms with E-state index in [0.29, 0.717) is 22.5 Å². The Morgan fingerprint density at radius 1 is 1.00 bits per heavy atom. The lowest BCUT2D eigenvalue weighted by atomic mass is 9.71. The zero-order chi connectivity index (χ0) is 25.1. The summed E-state index contributed by atoms with van der Waals surface area (Å²) in [6.45, 7) is 0. The molecule has 0 saturated carbocycles. The molecule has 3 aromatic rings. The highest BCUT2D eigenvalue weighted by Gasteiger charge is 2.51. The van der Waals surface area contributed by atoms with Crippen LogP contribution in [0, 0.1) is 16.0 Å². The first-order chi connectivity index (χ1) is 17.5. The molecule has 0 bridgehead atoms. The van der Waals surface area contributed by atoms with Crippen LogP contribution in [0.5, 0.6) is 0 Å². The fourth-order valence-corrected chi connectivity index (χ4v) is 4.70. The Kier molecular flexibility index (Phi) is 6.09. The predicted molar refractivity (Wildman–Crippen MR) is 137 cm³/mol. The van der Waals surface area contributed by atoms with Gasteiger partial charge in [-0.3, -0.25) is 10.1 Å². The molecule has 0 aromatic heterocycles. The van der Waals surface area contributed by atoms with Crippen molar-refractivity contribution in [3.8, 4) is 0 Å². The van der Waals surface area contributed by atoms with Gasteiger partial charge in [-0.05, 0) is 23.8 Å². The van der Waals surface area contributed by atoms with E-state index in [-0.39, 0.29) is 11.6 Å². The van der Waals surface area contributed by atoms with Gasteiger partial charge in [-0.2, -0.15) is 0 Å². The van der Waals surface area contributed by atoms with Crippen LogP contribution in [-0.2, 0) is 19.9 Å². The molecule has 1 aliphatic heterocycles. The molecule has 2 aliphatic rings. The molecule has 0 N–H and O–H groups in total. The molecule has 178 valence electrons. The SMILES string of the molecule is COC(=O)C1=C2C=C(c3ccc([N+](=O)[O-])cc3)O[C@@]2(c2ccccc2)[C@@H](/C=C/c2ccccc2)C=C1. The number of methoxy groups -OCH3 is 1. The molecule has 36 heavy (non-hydrogen) atoms. The maximum absolute atomic E-state index is 12.8. The lowest BCUT2D eigenvalue weighted by molar-refractivity contribution is -0.384. The first kappa shape index (κ1) is 23.1. The van der Waals surface area contributed by atoms with Gasteiger partial charge in [-0.1, -0.05) is 85.0 Å². The Morgan fingerprint density at radius 2 is 1.67 bits per heavy atom. The van der Waals surface area contributed by atoms with E-state index < -0.39 is 16.5 Å². The lowest BCUT2D eigenvalue weighted by Gasteiger charge is -2.39. The van der Waals surface area contributed by atoms with Crippen LogP contribution >= 0.6 is 0 Å². The summed E-state index contributed by atoms with van der Waals surface area (Å²) in [5, 5.41) is 11.1. The van der Waals surface area contributed by atoms with Crippen molar-refractivity contribution in [3.63, 3.8) is 0 Å². The molecule has 5 rings (SSSR count). The van der Waals surface area contributed by atoms with Gasteiger partial charge in [0, 0.05) is 34.8 Å². The number of rotatable bonds is 6. The number of nitrogens with zero attached hydrogens (tertiary/aromatic N) is 1. The Balaban J connectivity index is 1.67. The molecular weight excluding hydrogens is 454 g/mol. The van der Waals surface area contributed by atoms with Crippen LogP contribution < -0.4 is 0 Å². The van der Waals surface area contributed by atoms with Crippen molar-refractivity contribution < 1.29 is 19.2 Å². The molecule has 0 unspecified atom stereocenters. The summed E-state index contributed by atoms with van der Waals surface area (Å²) in [7, 11) is 1.35. The van der Waals surface area contributed by atoms with Crippen LogP contribution in [0.2, 0.25) is 0 Å². The minimum absolute atomic E-state index is 0.00709. The molecule has 0 fully saturated rings. The quantitative estimate of drug-likeness (QED) is 0.239. The van der Waals surface area contributed by atoms with Crippen molar-refractivity contribution >= 4 is 23.5 Å². The minimum atomic E-state index is -1.03. The van der Waals surface area contributed by atoms with Crippen LogP contribution in [0.4, 0.5) is 5.69 Å². The summed E-state index contributed by atoms with van der Waals surface area (Å²) in [6, 6.07) is 25.9. The highest BCUT2D eigenvalue weighted by Crippen LogP contribution is 2.54. The summed E-state index contributed by atoms with van der Waals surface area (Å²) in [6.07, 6.45) is 9.68. The van der Waals surface area contributed by atoms with Crippen LogP contribution in [0.25, 0.3) is 11.8 Å². The molecule has 2 atom stereocenters. The number of esters is 1. The smallest absolute Gasteiger partial charge is 0.338 e. The monoisotopic (exact) mass is 477 g/mol. The Bertz CT molecular complexity index is 1420. The van der Waals surface area contributed by atoms with Gasteiger partial charge in [-0.15, -0.1) is 0 Å². The molecule has 1 heterocycles. The number of hydrogen-bond donors (Lipinski definition) is 0. The molecule has 1 aliphatic carbocycles. The van der Waals surface area contributed by atoms with Crippen molar-refractivity contribution in [2.24, 2.45) is 5.92 Å². The van der Waals surface area contributed by atoms with E-state index in [1.165, 1.54) is 19.2 Å². The first-order valence-corrected chi connectivity index (χ1v) is 11.5. The molecule has 3 aromatic carbocycles. The van der Waals surface area contributed by atoms with Gasteiger partial charge >= 0.3 is 5.97 Å². The van der Waals surface area contributed by atoms with Gasteiger partial charge in [-0.25, -0.2) is 4.79 Å². The standard InChI is InChI=1S/C30H23NO5/c1-35-29(32)26-19-16-24(15-12-21-8-4-2-5-9-21)30(23-10-6-3-7-11-23)27(26)20-28(36-30)22-13-17-25(18-14-22)31(33)34/h2-20,24H,1H3/b15-12+/t24-,30-/m0/s1. The van der Waals surface area contributed by atoms with Crippen molar-refractivity contribution in [2.45, 2.75) is 5.60 Å². The molecule has 0 saturated heterocycles. The minimum Gasteiger partial charge on any atom is -0.476 e. The highest BCUT2D eigenvalue weighted by molar-refractivity contribution is 5.95. The topological polar surface area (TPSA) is 78.7 Å².